The monoisotopic (exact) mass is 538 g/mol. The normalized spacial score (nSPS) is 11.8. The summed E-state index contributed by atoms with van der Waals surface area (Å²) in [6.45, 7) is -2.26. The van der Waals surface area contributed by atoms with E-state index < -0.39 is 61.9 Å². The number of thioether (sulfide) groups is 1. The molecule has 0 saturated heterocycles. The van der Waals surface area contributed by atoms with Crippen LogP contribution in [-0.4, -0.2) is 118 Å². The molecule has 15 heteroatoms. The molecule has 0 aromatic heterocycles. The Morgan fingerprint density at radius 1 is 0.811 bits per heavy atom. The third kappa shape index (κ3) is 13.8. The van der Waals surface area contributed by atoms with Crippen LogP contribution in [0.4, 0.5) is 0 Å². The number of aliphatic carboxylic acids is 3. The zero-order valence-electron chi connectivity index (χ0n) is 20.0. The number of nitriles is 1. The van der Waals surface area contributed by atoms with Crippen LogP contribution < -0.4 is 11.5 Å². The van der Waals surface area contributed by atoms with Crippen molar-refractivity contribution in [1.29, 1.82) is 5.26 Å². The second-order valence-electron chi connectivity index (χ2n) is 8.16. The number of carbonyl (C=O) groups is 5. The van der Waals surface area contributed by atoms with E-state index in [1.165, 1.54) is 14.7 Å². The first kappa shape index (κ1) is 31.3. The van der Waals surface area contributed by atoms with Crippen LogP contribution in [0.15, 0.2) is 29.2 Å². The van der Waals surface area contributed by atoms with Crippen LogP contribution in [-0.2, 0) is 30.4 Å². The SMILES string of the molecule is N#CSc1ccc(CC(CN(CCN(CC(N)=O)CC(=O)O)CC(=O)O)N(CC(N)=O)CC(=O)O)cc1. The standard InChI is InChI=1S/C22H30N6O8S/c23-14-37-17-3-1-15(2-4-17)7-16(28(10-19(25)30)13-22(35)36)8-26(11-20(31)32)5-6-27(9-18(24)29)12-21(33)34/h1-4,16H,5-13H2,(H2,24,29)(H2,25,30)(H,31,32)(H,33,34)(H,35,36). The molecule has 0 aliphatic carbocycles. The van der Waals surface area contributed by atoms with Crippen molar-refractivity contribution in [2.45, 2.75) is 17.4 Å². The van der Waals surface area contributed by atoms with Gasteiger partial charge < -0.3 is 26.8 Å². The fraction of sp³-hybridized carbons (Fsp3) is 0.455. The largest absolute Gasteiger partial charge is 0.480 e. The average molecular weight is 539 g/mol. The number of hydrogen-bond acceptors (Lipinski definition) is 10. The summed E-state index contributed by atoms with van der Waals surface area (Å²) < 4.78 is 0. The van der Waals surface area contributed by atoms with Gasteiger partial charge in [-0.15, -0.1) is 0 Å². The third-order valence-corrected chi connectivity index (χ3v) is 5.67. The fourth-order valence-electron chi connectivity index (χ4n) is 3.65. The minimum absolute atomic E-state index is 0.00985. The predicted octanol–water partition coefficient (Wildman–Crippen LogP) is -1.70. The maximum absolute atomic E-state index is 11.7. The Morgan fingerprint density at radius 2 is 1.32 bits per heavy atom. The van der Waals surface area contributed by atoms with E-state index in [0.29, 0.717) is 4.90 Å². The summed E-state index contributed by atoms with van der Waals surface area (Å²) in [7, 11) is 0. The lowest BCUT2D eigenvalue weighted by Gasteiger charge is -2.34. The summed E-state index contributed by atoms with van der Waals surface area (Å²) in [5.41, 5.74) is 11.3. The van der Waals surface area contributed by atoms with E-state index in [4.69, 9.17) is 21.8 Å². The minimum atomic E-state index is -1.22. The number of carboxylic acid groups (broad SMARTS) is 3. The van der Waals surface area contributed by atoms with Gasteiger partial charge in [0, 0.05) is 30.6 Å². The molecule has 1 rings (SSSR count). The smallest absolute Gasteiger partial charge is 0.317 e. The van der Waals surface area contributed by atoms with Gasteiger partial charge in [-0.3, -0.25) is 38.7 Å². The van der Waals surface area contributed by atoms with Crippen LogP contribution in [0.3, 0.4) is 0 Å². The van der Waals surface area contributed by atoms with Crippen LogP contribution in [0.1, 0.15) is 5.56 Å². The molecule has 1 unspecified atom stereocenters. The van der Waals surface area contributed by atoms with Crippen LogP contribution in [0.5, 0.6) is 0 Å². The predicted molar refractivity (Wildman–Crippen MR) is 131 cm³/mol. The molecule has 0 fully saturated rings. The van der Waals surface area contributed by atoms with Crippen LogP contribution >= 0.6 is 11.8 Å². The molecule has 7 N–H and O–H groups in total. The highest BCUT2D eigenvalue weighted by Gasteiger charge is 2.27. The first-order chi connectivity index (χ1) is 17.4. The highest BCUT2D eigenvalue weighted by atomic mass is 32.2. The van der Waals surface area contributed by atoms with E-state index in [2.05, 4.69) is 0 Å². The van der Waals surface area contributed by atoms with E-state index in [9.17, 15) is 34.2 Å². The quantitative estimate of drug-likeness (QED) is 0.0977. The molecule has 0 aliphatic rings. The Balaban J connectivity index is 3.22. The molecular formula is C22H30N6O8S. The van der Waals surface area contributed by atoms with E-state index >= 15 is 0 Å². The van der Waals surface area contributed by atoms with Crippen molar-refractivity contribution in [1.82, 2.24) is 14.7 Å². The van der Waals surface area contributed by atoms with Crippen molar-refractivity contribution in [3.8, 4) is 5.40 Å². The van der Waals surface area contributed by atoms with Crippen molar-refractivity contribution < 1.29 is 39.3 Å². The van der Waals surface area contributed by atoms with Crippen LogP contribution in [0.25, 0.3) is 0 Å². The van der Waals surface area contributed by atoms with Gasteiger partial charge in [0.1, 0.15) is 5.40 Å². The van der Waals surface area contributed by atoms with E-state index in [1.54, 1.807) is 24.3 Å². The van der Waals surface area contributed by atoms with Gasteiger partial charge in [0.05, 0.1) is 32.7 Å². The van der Waals surface area contributed by atoms with Crippen molar-refractivity contribution in [2.75, 3.05) is 52.4 Å². The summed E-state index contributed by atoms with van der Waals surface area (Å²) in [5, 5.41) is 38.7. The Kier molecular flexibility index (Phi) is 13.6. The number of amides is 2. The number of carbonyl (C=O) groups excluding carboxylic acids is 2. The molecule has 1 aromatic rings. The summed E-state index contributed by atoms with van der Waals surface area (Å²) in [6.07, 6.45) is 0.217. The highest BCUT2D eigenvalue weighted by Crippen LogP contribution is 2.19. The number of primary amides is 2. The number of nitrogens with zero attached hydrogens (tertiary/aromatic N) is 4. The molecule has 1 atom stereocenters. The number of thiocyanates is 1. The second-order valence-corrected chi connectivity index (χ2v) is 9.02. The summed E-state index contributed by atoms with van der Waals surface area (Å²) >= 11 is 0.964. The Bertz CT molecular complexity index is 968. The van der Waals surface area contributed by atoms with E-state index in [-0.39, 0.29) is 32.6 Å². The molecule has 0 saturated carbocycles. The highest BCUT2D eigenvalue weighted by molar-refractivity contribution is 8.03. The maximum Gasteiger partial charge on any atom is 0.317 e. The van der Waals surface area contributed by atoms with Crippen LogP contribution in [0.2, 0.25) is 0 Å². The molecule has 0 spiro atoms. The Hall–Kier alpha value is -3.71. The Labute approximate surface area is 217 Å². The van der Waals surface area contributed by atoms with Crippen LogP contribution in [0, 0.1) is 10.7 Å². The van der Waals surface area contributed by atoms with Gasteiger partial charge >= 0.3 is 17.9 Å². The van der Waals surface area contributed by atoms with Crippen molar-refractivity contribution in [3.05, 3.63) is 29.8 Å². The first-order valence-corrected chi connectivity index (χ1v) is 11.8. The van der Waals surface area contributed by atoms with Crippen molar-refractivity contribution in [3.63, 3.8) is 0 Å². The zero-order valence-corrected chi connectivity index (χ0v) is 20.8. The molecule has 0 aliphatic heterocycles. The second kappa shape index (κ2) is 16.1. The lowest BCUT2D eigenvalue weighted by Crippen LogP contribution is -2.52. The first-order valence-electron chi connectivity index (χ1n) is 10.9. The molecule has 2 amide bonds. The zero-order chi connectivity index (χ0) is 28.0. The van der Waals surface area contributed by atoms with E-state index in [0.717, 1.165) is 17.3 Å². The molecular weight excluding hydrogens is 508 g/mol. The van der Waals surface area contributed by atoms with Gasteiger partial charge in [0.15, 0.2) is 0 Å². The topological polar surface area (TPSA) is 232 Å². The van der Waals surface area contributed by atoms with Gasteiger partial charge in [0.25, 0.3) is 0 Å². The number of nitrogens with two attached hydrogens (primary N) is 2. The minimum Gasteiger partial charge on any atom is -0.480 e. The maximum atomic E-state index is 11.7. The Morgan fingerprint density at radius 3 is 1.81 bits per heavy atom. The number of hydrogen-bond donors (Lipinski definition) is 5. The number of carboxylic acids is 3. The van der Waals surface area contributed by atoms with Gasteiger partial charge in [-0.2, -0.15) is 5.26 Å². The number of rotatable bonds is 19. The molecule has 0 radical (unpaired) electrons. The molecule has 14 nitrogen and oxygen atoms in total. The average Bonchev–Trinajstić information content (AvgIpc) is 2.76. The molecule has 37 heavy (non-hydrogen) atoms. The van der Waals surface area contributed by atoms with E-state index in [1.807, 2.05) is 5.40 Å². The molecule has 0 heterocycles. The molecule has 0 bridgehead atoms. The lowest BCUT2D eigenvalue weighted by atomic mass is 10.0. The lowest BCUT2D eigenvalue weighted by molar-refractivity contribution is -0.141. The van der Waals surface area contributed by atoms with Gasteiger partial charge in [0.2, 0.25) is 11.8 Å². The molecule has 1 aromatic carbocycles. The van der Waals surface area contributed by atoms with Gasteiger partial charge in [-0.25, -0.2) is 0 Å². The fourth-order valence-corrected chi connectivity index (χ4v) is 4.03. The number of benzene rings is 1. The molecule has 202 valence electrons. The van der Waals surface area contributed by atoms with Crippen molar-refractivity contribution >= 4 is 41.5 Å². The van der Waals surface area contributed by atoms with Gasteiger partial charge in [-0.1, -0.05) is 12.1 Å². The summed E-state index contributed by atoms with van der Waals surface area (Å²) in [6, 6.07) is 6.20. The van der Waals surface area contributed by atoms with Gasteiger partial charge in [-0.05, 0) is 35.9 Å². The summed E-state index contributed by atoms with van der Waals surface area (Å²) in [4.78, 5) is 61.9. The summed E-state index contributed by atoms with van der Waals surface area (Å²) in [5.74, 6) is -5.13. The van der Waals surface area contributed by atoms with Crippen molar-refractivity contribution in [2.24, 2.45) is 11.5 Å². The third-order valence-electron chi connectivity index (χ3n) is 5.07.